The van der Waals surface area contributed by atoms with E-state index in [0.717, 1.165) is 14.5 Å². The maximum absolute atomic E-state index is 11.7. The Bertz CT molecular complexity index is 706. The van der Waals surface area contributed by atoms with Gasteiger partial charge in [-0.05, 0) is 69.8 Å². The van der Waals surface area contributed by atoms with E-state index < -0.39 is 0 Å². The number of nitrogens with zero attached hydrogens (tertiary/aromatic N) is 2. The van der Waals surface area contributed by atoms with E-state index in [-0.39, 0.29) is 18.2 Å². The van der Waals surface area contributed by atoms with Crippen molar-refractivity contribution < 1.29 is 9.84 Å². The fourth-order valence-electron chi connectivity index (χ4n) is 1.92. The highest BCUT2D eigenvalue weighted by atomic mass is 79.9. The molecule has 0 aliphatic rings. The molecule has 1 aromatic heterocycles. The minimum Gasteiger partial charge on any atom is -0.435 e. The summed E-state index contributed by atoms with van der Waals surface area (Å²) in [7, 11) is 0. The molecule has 0 spiro atoms. The average molecular weight is 432 g/mol. The summed E-state index contributed by atoms with van der Waals surface area (Å²) in [5, 5.41) is 13.2. The minimum atomic E-state index is -0.168. The number of rotatable bonds is 5. The van der Waals surface area contributed by atoms with Gasteiger partial charge in [0.05, 0.1) is 15.0 Å². The summed E-state index contributed by atoms with van der Waals surface area (Å²) in [6.07, 6.45) is 0.563. The Labute approximate surface area is 145 Å². The summed E-state index contributed by atoms with van der Waals surface area (Å²) in [6, 6.07) is 6.70. The number of aliphatic hydroxyl groups is 1. The van der Waals surface area contributed by atoms with Gasteiger partial charge < -0.3 is 9.84 Å². The molecule has 0 aliphatic carbocycles. The summed E-state index contributed by atoms with van der Waals surface area (Å²) >= 11 is 6.91. The van der Waals surface area contributed by atoms with Crippen LogP contribution in [0.2, 0.25) is 0 Å². The van der Waals surface area contributed by atoms with Crippen molar-refractivity contribution in [1.29, 1.82) is 0 Å². The van der Waals surface area contributed by atoms with E-state index in [1.807, 2.05) is 26.0 Å². The SMILES string of the molecule is CC(C)n1nc(Oc2c(Br)cc(CCO)cc2Br)ccc1=O. The number of halogens is 2. The first-order chi connectivity index (χ1) is 10.4. The monoisotopic (exact) mass is 430 g/mol. The molecule has 0 fully saturated rings. The van der Waals surface area contributed by atoms with Crippen molar-refractivity contribution in [3.63, 3.8) is 0 Å². The van der Waals surface area contributed by atoms with Crippen molar-refractivity contribution >= 4 is 31.9 Å². The number of hydrogen-bond donors (Lipinski definition) is 1. The molecular formula is C15H16Br2N2O3. The zero-order valence-corrected chi connectivity index (χ0v) is 15.4. The van der Waals surface area contributed by atoms with E-state index in [1.165, 1.54) is 10.7 Å². The normalized spacial score (nSPS) is 11.0. The summed E-state index contributed by atoms with van der Waals surface area (Å²) in [5.41, 5.74) is 0.812. The number of hydrogen-bond acceptors (Lipinski definition) is 4. The lowest BCUT2D eigenvalue weighted by Crippen LogP contribution is -2.23. The molecule has 0 saturated carbocycles. The molecule has 22 heavy (non-hydrogen) atoms. The third kappa shape index (κ3) is 3.97. The van der Waals surface area contributed by atoms with Crippen LogP contribution in [0.3, 0.4) is 0 Å². The summed E-state index contributed by atoms with van der Waals surface area (Å²) in [6.45, 7) is 3.85. The third-order valence-electron chi connectivity index (χ3n) is 2.95. The second-order valence-corrected chi connectivity index (χ2v) is 6.72. The Morgan fingerprint density at radius 2 is 1.91 bits per heavy atom. The van der Waals surface area contributed by atoms with Crippen LogP contribution in [0.5, 0.6) is 11.6 Å². The smallest absolute Gasteiger partial charge is 0.267 e. The van der Waals surface area contributed by atoms with Gasteiger partial charge in [0.25, 0.3) is 5.56 Å². The van der Waals surface area contributed by atoms with E-state index in [4.69, 9.17) is 9.84 Å². The molecule has 1 heterocycles. The van der Waals surface area contributed by atoms with Gasteiger partial charge in [0.15, 0.2) is 5.75 Å². The lowest BCUT2D eigenvalue weighted by Gasteiger charge is -2.13. The van der Waals surface area contributed by atoms with E-state index in [9.17, 15) is 4.79 Å². The van der Waals surface area contributed by atoms with Crippen LogP contribution in [0, 0.1) is 0 Å². The van der Waals surface area contributed by atoms with Crippen LogP contribution in [0.25, 0.3) is 0 Å². The number of aliphatic hydroxyl groups excluding tert-OH is 1. The maximum Gasteiger partial charge on any atom is 0.267 e. The standard InChI is InChI=1S/C15H16Br2N2O3/c1-9(2)19-14(21)4-3-13(18-19)22-15-11(16)7-10(5-6-20)8-12(15)17/h3-4,7-9,20H,5-6H2,1-2H3. The van der Waals surface area contributed by atoms with Crippen LogP contribution in [0.1, 0.15) is 25.5 Å². The highest BCUT2D eigenvalue weighted by molar-refractivity contribution is 9.11. The Hall–Kier alpha value is -1.18. The second kappa shape index (κ2) is 7.39. The van der Waals surface area contributed by atoms with E-state index in [2.05, 4.69) is 37.0 Å². The van der Waals surface area contributed by atoms with Gasteiger partial charge in [0.2, 0.25) is 5.88 Å². The molecule has 0 bridgehead atoms. The van der Waals surface area contributed by atoms with Crippen LogP contribution in [-0.2, 0) is 6.42 Å². The molecule has 1 aromatic carbocycles. The molecule has 0 unspecified atom stereocenters. The molecule has 0 saturated heterocycles. The molecule has 5 nitrogen and oxygen atoms in total. The predicted molar refractivity (Wildman–Crippen MR) is 91.6 cm³/mol. The van der Waals surface area contributed by atoms with Gasteiger partial charge in [-0.3, -0.25) is 4.79 Å². The number of ether oxygens (including phenoxy) is 1. The topological polar surface area (TPSA) is 64.3 Å². The Morgan fingerprint density at radius 1 is 1.27 bits per heavy atom. The van der Waals surface area contributed by atoms with Crippen LogP contribution >= 0.6 is 31.9 Å². The summed E-state index contributed by atoms with van der Waals surface area (Å²) < 4.78 is 8.65. The van der Waals surface area contributed by atoms with Gasteiger partial charge in [0, 0.05) is 18.7 Å². The van der Waals surface area contributed by atoms with Crippen molar-refractivity contribution in [2.45, 2.75) is 26.3 Å². The van der Waals surface area contributed by atoms with Crippen LogP contribution in [0.4, 0.5) is 0 Å². The van der Waals surface area contributed by atoms with Crippen LogP contribution in [-0.4, -0.2) is 21.5 Å². The third-order valence-corrected chi connectivity index (χ3v) is 4.13. The zero-order valence-electron chi connectivity index (χ0n) is 12.2. The molecular weight excluding hydrogens is 416 g/mol. The molecule has 0 radical (unpaired) electrons. The van der Waals surface area contributed by atoms with Gasteiger partial charge in [-0.1, -0.05) is 0 Å². The predicted octanol–water partition coefficient (Wildman–Crippen LogP) is 3.68. The average Bonchev–Trinajstić information content (AvgIpc) is 2.44. The second-order valence-electron chi connectivity index (χ2n) is 5.01. The van der Waals surface area contributed by atoms with Crippen LogP contribution in [0.15, 0.2) is 38.0 Å². The largest absolute Gasteiger partial charge is 0.435 e. The fourth-order valence-corrected chi connectivity index (χ4v) is 3.36. The molecule has 2 rings (SSSR count). The van der Waals surface area contributed by atoms with Gasteiger partial charge in [0.1, 0.15) is 0 Å². The van der Waals surface area contributed by atoms with Crippen molar-refractivity contribution in [3.8, 4) is 11.6 Å². The van der Waals surface area contributed by atoms with E-state index in [0.29, 0.717) is 18.1 Å². The Balaban J connectivity index is 2.35. The number of benzene rings is 1. The Morgan fingerprint density at radius 3 is 2.45 bits per heavy atom. The molecule has 7 heteroatoms. The number of aromatic nitrogens is 2. The van der Waals surface area contributed by atoms with E-state index >= 15 is 0 Å². The zero-order chi connectivity index (χ0) is 16.3. The Kier molecular flexibility index (Phi) is 5.77. The maximum atomic E-state index is 11.7. The summed E-state index contributed by atoms with van der Waals surface area (Å²) in [4.78, 5) is 11.7. The molecule has 118 valence electrons. The minimum absolute atomic E-state index is 0.0464. The lowest BCUT2D eigenvalue weighted by atomic mass is 10.1. The van der Waals surface area contributed by atoms with Gasteiger partial charge in [-0.25, -0.2) is 4.68 Å². The molecule has 0 amide bonds. The first kappa shape index (κ1) is 17.2. The van der Waals surface area contributed by atoms with Gasteiger partial charge in [-0.15, -0.1) is 5.10 Å². The van der Waals surface area contributed by atoms with E-state index in [1.54, 1.807) is 6.07 Å². The lowest BCUT2D eigenvalue weighted by molar-refractivity contribution is 0.299. The highest BCUT2D eigenvalue weighted by Gasteiger charge is 2.12. The first-order valence-corrected chi connectivity index (χ1v) is 8.37. The van der Waals surface area contributed by atoms with Gasteiger partial charge >= 0.3 is 0 Å². The van der Waals surface area contributed by atoms with Crippen LogP contribution < -0.4 is 10.3 Å². The first-order valence-electron chi connectivity index (χ1n) is 6.79. The summed E-state index contributed by atoms with van der Waals surface area (Å²) in [5.74, 6) is 0.910. The van der Waals surface area contributed by atoms with Crippen molar-refractivity contribution in [1.82, 2.24) is 9.78 Å². The quantitative estimate of drug-likeness (QED) is 0.784. The van der Waals surface area contributed by atoms with Crippen molar-refractivity contribution in [3.05, 3.63) is 49.1 Å². The van der Waals surface area contributed by atoms with Crippen molar-refractivity contribution in [2.24, 2.45) is 0 Å². The molecule has 0 aliphatic heterocycles. The van der Waals surface area contributed by atoms with Gasteiger partial charge in [-0.2, -0.15) is 0 Å². The molecule has 0 atom stereocenters. The molecule has 1 N–H and O–H groups in total. The fraction of sp³-hybridized carbons (Fsp3) is 0.333. The highest BCUT2D eigenvalue weighted by Crippen LogP contribution is 2.37. The van der Waals surface area contributed by atoms with Crippen molar-refractivity contribution in [2.75, 3.05) is 6.61 Å². The molecule has 2 aromatic rings.